The van der Waals surface area contributed by atoms with Gasteiger partial charge in [-0.05, 0) is 26.0 Å². The number of aromatic nitrogens is 1. The van der Waals surface area contributed by atoms with E-state index in [0.29, 0.717) is 28.0 Å². The minimum absolute atomic E-state index is 0.0943. The second-order valence-electron chi connectivity index (χ2n) is 8.90. The highest BCUT2D eigenvalue weighted by molar-refractivity contribution is 9.10. The standard InChI is InChI=1S/C27H29BrF3NO6/c1-25(2,28)20(38-24(33)26(37-6,27(29,30)31)16-11-8-7-9-12-16)15-18-22(35-4)17-13-10-14-19(34-3)21(17)32-23(18)36-5/h7-14,20H,15H2,1-6H3/t20-,26+/m0/s1. The molecule has 0 bridgehead atoms. The molecule has 0 fully saturated rings. The van der Waals surface area contributed by atoms with Crippen molar-refractivity contribution in [2.45, 2.75) is 42.5 Å². The molecule has 0 aliphatic carbocycles. The van der Waals surface area contributed by atoms with Crippen LogP contribution in [0.5, 0.6) is 17.4 Å². The molecule has 2 atom stereocenters. The Hall–Kier alpha value is -3.05. The Morgan fingerprint density at radius 1 is 0.947 bits per heavy atom. The molecule has 0 saturated carbocycles. The molecular formula is C27H29BrF3NO6. The van der Waals surface area contributed by atoms with Gasteiger partial charge in [-0.3, -0.25) is 0 Å². The number of esters is 1. The summed E-state index contributed by atoms with van der Waals surface area (Å²) in [5, 5.41) is 0.589. The van der Waals surface area contributed by atoms with Gasteiger partial charge >= 0.3 is 12.1 Å². The van der Waals surface area contributed by atoms with E-state index in [1.54, 1.807) is 32.0 Å². The van der Waals surface area contributed by atoms with Crippen molar-refractivity contribution in [3.8, 4) is 17.4 Å². The summed E-state index contributed by atoms with van der Waals surface area (Å²) in [6, 6.07) is 11.9. The van der Waals surface area contributed by atoms with Crippen molar-refractivity contribution in [2.24, 2.45) is 0 Å². The largest absolute Gasteiger partial charge is 0.496 e. The van der Waals surface area contributed by atoms with Crippen molar-refractivity contribution in [1.82, 2.24) is 4.98 Å². The number of alkyl halides is 4. The first-order valence-electron chi connectivity index (χ1n) is 11.5. The van der Waals surface area contributed by atoms with Crippen molar-refractivity contribution >= 4 is 32.8 Å². The second-order valence-corrected chi connectivity index (χ2v) is 10.9. The van der Waals surface area contributed by atoms with Gasteiger partial charge < -0.3 is 23.7 Å². The SMILES string of the molecule is COc1nc2c(OC)cccc2c(OC)c1C[C@H](OC(=O)[C@](OC)(c1ccccc1)C(F)(F)F)C(C)(C)Br. The summed E-state index contributed by atoms with van der Waals surface area (Å²) >= 11 is 3.47. The van der Waals surface area contributed by atoms with Crippen LogP contribution in [0.4, 0.5) is 13.2 Å². The molecule has 0 radical (unpaired) electrons. The molecule has 0 spiro atoms. The molecule has 3 rings (SSSR count). The Morgan fingerprint density at radius 2 is 1.61 bits per heavy atom. The average Bonchev–Trinajstić information content (AvgIpc) is 2.87. The summed E-state index contributed by atoms with van der Waals surface area (Å²) in [5.41, 5.74) is -2.87. The lowest BCUT2D eigenvalue weighted by atomic mass is 9.92. The third kappa shape index (κ3) is 5.40. The van der Waals surface area contributed by atoms with Crippen LogP contribution in [0, 0.1) is 0 Å². The van der Waals surface area contributed by atoms with Crippen molar-refractivity contribution in [2.75, 3.05) is 28.4 Å². The van der Waals surface area contributed by atoms with Gasteiger partial charge in [0.25, 0.3) is 5.60 Å². The van der Waals surface area contributed by atoms with Crippen LogP contribution in [0.1, 0.15) is 25.0 Å². The summed E-state index contributed by atoms with van der Waals surface area (Å²) in [5.74, 6) is -0.620. The molecule has 0 unspecified atom stereocenters. The Labute approximate surface area is 227 Å². The Balaban J connectivity index is 2.14. The molecule has 11 heteroatoms. The van der Waals surface area contributed by atoms with Gasteiger partial charge in [-0.25, -0.2) is 9.78 Å². The molecule has 7 nitrogen and oxygen atoms in total. The van der Waals surface area contributed by atoms with Crippen LogP contribution in [0.25, 0.3) is 10.9 Å². The highest BCUT2D eigenvalue weighted by Gasteiger charge is 2.64. The van der Waals surface area contributed by atoms with Crippen LogP contribution < -0.4 is 14.2 Å². The Morgan fingerprint density at radius 3 is 2.11 bits per heavy atom. The summed E-state index contributed by atoms with van der Waals surface area (Å²) in [6.45, 7) is 3.35. The molecule has 0 N–H and O–H groups in total. The average molecular weight is 600 g/mol. The number of rotatable bonds is 10. The van der Waals surface area contributed by atoms with Gasteiger partial charge in [-0.2, -0.15) is 13.2 Å². The van der Waals surface area contributed by atoms with Crippen LogP contribution in [0.2, 0.25) is 0 Å². The van der Waals surface area contributed by atoms with Crippen molar-refractivity contribution < 1.29 is 41.7 Å². The number of ether oxygens (including phenoxy) is 5. The van der Waals surface area contributed by atoms with Gasteiger partial charge in [-0.1, -0.05) is 52.3 Å². The number of hydrogen-bond acceptors (Lipinski definition) is 7. The summed E-state index contributed by atoms with van der Waals surface area (Å²) < 4.78 is 69.6. The smallest absolute Gasteiger partial charge is 0.432 e. The maximum atomic E-state index is 14.5. The number of pyridine rings is 1. The number of fused-ring (bicyclic) bond motifs is 1. The number of halogens is 4. The third-order valence-electron chi connectivity index (χ3n) is 6.18. The van der Waals surface area contributed by atoms with E-state index in [1.807, 2.05) is 0 Å². The lowest BCUT2D eigenvalue weighted by Crippen LogP contribution is -2.54. The van der Waals surface area contributed by atoms with Gasteiger partial charge in [-0.15, -0.1) is 0 Å². The summed E-state index contributed by atoms with van der Waals surface area (Å²) in [4.78, 5) is 18.0. The second kappa shape index (κ2) is 11.4. The van der Waals surface area contributed by atoms with Crippen LogP contribution in [0.3, 0.4) is 0 Å². The summed E-state index contributed by atoms with van der Waals surface area (Å²) in [6.07, 6.45) is -6.34. The minimum Gasteiger partial charge on any atom is -0.496 e. The molecule has 206 valence electrons. The van der Waals surface area contributed by atoms with Crippen molar-refractivity contribution in [3.63, 3.8) is 0 Å². The van der Waals surface area contributed by atoms with Crippen LogP contribution >= 0.6 is 15.9 Å². The highest BCUT2D eigenvalue weighted by atomic mass is 79.9. The molecule has 0 amide bonds. The van der Waals surface area contributed by atoms with E-state index in [0.717, 1.165) is 7.11 Å². The number of nitrogens with zero attached hydrogens (tertiary/aromatic N) is 1. The van der Waals surface area contributed by atoms with Crippen LogP contribution in [-0.4, -0.2) is 56.0 Å². The van der Waals surface area contributed by atoms with Gasteiger partial charge in [0.1, 0.15) is 23.1 Å². The number of para-hydroxylation sites is 1. The van der Waals surface area contributed by atoms with Gasteiger partial charge in [0.05, 0.1) is 31.2 Å². The molecular weight excluding hydrogens is 571 g/mol. The molecule has 2 aromatic carbocycles. The van der Waals surface area contributed by atoms with E-state index in [2.05, 4.69) is 20.9 Å². The van der Waals surface area contributed by atoms with Crippen LogP contribution in [0.15, 0.2) is 48.5 Å². The Kier molecular flexibility index (Phi) is 8.82. The lowest BCUT2D eigenvalue weighted by molar-refractivity contribution is -0.278. The zero-order valence-electron chi connectivity index (χ0n) is 21.8. The number of carbonyl (C=O) groups excluding carboxylic acids is 1. The molecule has 0 saturated heterocycles. The summed E-state index contributed by atoms with van der Waals surface area (Å²) in [7, 11) is 5.18. The maximum Gasteiger partial charge on any atom is 0.432 e. The molecule has 1 heterocycles. The first kappa shape index (κ1) is 29.5. The van der Waals surface area contributed by atoms with E-state index in [-0.39, 0.29) is 12.3 Å². The zero-order valence-corrected chi connectivity index (χ0v) is 23.4. The maximum absolute atomic E-state index is 14.5. The predicted molar refractivity (Wildman–Crippen MR) is 139 cm³/mol. The minimum atomic E-state index is -5.11. The quantitative estimate of drug-likeness (QED) is 0.209. The third-order valence-corrected chi connectivity index (χ3v) is 6.69. The fourth-order valence-electron chi connectivity index (χ4n) is 4.21. The van der Waals surface area contributed by atoms with E-state index in [9.17, 15) is 18.0 Å². The molecule has 0 aliphatic heterocycles. The van der Waals surface area contributed by atoms with Crippen LogP contribution in [-0.2, 0) is 26.3 Å². The number of benzene rings is 2. The molecule has 1 aromatic heterocycles. The fourth-order valence-corrected chi connectivity index (χ4v) is 4.46. The van der Waals surface area contributed by atoms with Crippen molar-refractivity contribution in [3.05, 3.63) is 59.7 Å². The first-order chi connectivity index (χ1) is 17.8. The van der Waals surface area contributed by atoms with E-state index in [1.165, 1.54) is 51.7 Å². The Bertz CT molecular complexity index is 1280. The fraction of sp³-hybridized carbons (Fsp3) is 0.407. The highest BCUT2D eigenvalue weighted by Crippen LogP contribution is 2.45. The topological polar surface area (TPSA) is 76.1 Å². The first-order valence-corrected chi connectivity index (χ1v) is 12.3. The number of hydrogen-bond donors (Lipinski definition) is 0. The van der Waals surface area contributed by atoms with Gasteiger partial charge in [0.15, 0.2) is 0 Å². The number of carbonyl (C=O) groups is 1. The predicted octanol–water partition coefficient (Wildman–Crippen LogP) is 5.99. The van der Waals surface area contributed by atoms with Crippen molar-refractivity contribution in [1.29, 1.82) is 0 Å². The van der Waals surface area contributed by atoms with Gasteiger partial charge in [0, 0.05) is 24.5 Å². The monoisotopic (exact) mass is 599 g/mol. The number of methoxy groups -OCH3 is 4. The molecule has 3 aromatic rings. The van der Waals surface area contributed by atoms with E-state index < -0.39 is 33.7 Å². The molecule has 0 aliphatic rings. The van der Waals surface area contributed by atoms with E-state index in [4.69, 9.17) is 23.7 Å². The zero-order chi connectivity index (χ0) is 28.3. The van der Waals surface area contributed by atoms with E-state index >= 15 is 0 Å². The normalized spacial score (nSPS) is 14.5. The molecule has 38 heavy (non-hydrogen) atoms. The van der Waals surface area contributed by atoms with Gasteiger partial charge in [0.2, 0.25) is 5.88 Å². The lowest BCUT2D eigenvalue weighted by Gasteiger charge is -2.36.